The molecule has 0 atom stereocenters. The minimum absolute atomic E-state index is 0.153. The van der Waals surface area contributed by atoms with Crippen LogP contribution < -0.4 is 0 Å². The Labute approximate surface area is 127 Å². The molecule has 1 saturated carbocycles. The molecule has 0 unspecified atom stereocenters. The number of benzene rings is 1. The molecule has 0 amide bonds. The Balaban J connectivity index is 1.68. The number of likely N-dealkylation sites (tertiary alicyclic amines) is 1. The number of hydrogen-bond acceptors (Lipinski definition) is 2. The van der Waals surface area contributed by atoms with E-state index in [1.54, 1.807) is 0 Å². The van der Waals surface area contributed by atoms with Crippen molar-refractivity contribution >= 4 is 0 Å². The predicted molar refractivity (Wildman–Crippen MR) is 82.8 cm³/mol. The van der Waals surface area contributed by atoms with Crippen LogP contribution in [0.1, 0.15) is 50.5 Å². The molecule has 1 aliphatic carbocycles. The van der Waals surface area contributed by atoms with Gasteiger partial charge in [0.15, 0.2) is 0 Å². The van der Waals surface area contributed by atoms with E-state index in [-0.39, 0.29) is 17.8 Å². The molecule has 3 heteroatoms. The third-order valence-electron chi connectivity index (χ3n) is 5.58. The third-order valence-corrected chi connectivity index (χ3v) is 5.58. The van der Waals surface area contributed by atoms with Crippen molar-refractivity contribution in [2.24, 2.45) is 0 Å². The van der Waals surface area contributed by atoms with Gasteiger partial charge in [-0.2, -0.15) is 0 Å². The van der Waals surface area contributed by atoms with Crippen LogP contribution in [0.4, 0.5) is 4.39 Å². The Morgan fingerprint density at radius 2 is 1.67 bits per heavy atom. The lowest BCUT2D eigenvalue weighted by Crippen LogP contribution is -2.45. The van der Waals surface area contributed by atoms with Crippen molar-refractivity contribution in [2.45, 2.75) is 56.4 Å². The number of aliphatic hydroxyl groups is 1. The van der Waals surface area contributed by atoms with E-state index >= 15 is 0 Å². The fraction of sp³-hybridized carbons (Fsp3) is 0.667. The fourth-order valence-electron chi connectivity index (χ4n) is 4.15. The van der Waals surface area contributed by atoms with E-state index in [2.05, 4.69) is 4.90 Å². The molecule has 2 fully saturated rings. The first kappa shape index (κ1) is 15.0. The molecule has 1 aromatic carbocycles. The first-order chi connectivity index (χ1) is 10.2. The summed E-state index contributed by atoms with van der Waals surface area (Å²) >= 11 is 0. The summed E-state index contributed by atoms with van der Waals surface area (Å²) in [4.78, 5) is 2.65. The molecule has 1 aromatic rings. The van der Waals surface area contributed by atoms with Gasteiger partial charge in [-0.25, -0.2) is 4.39 Å². The first-order valence-corrected chi connectivity index (χ1v) is 8.34. The van der Waals surface area contributed by atoms with Crippen molar-refractivity contribution < 1.29 is 9.50 Å². The summed E-state index contributed by atoms with van der Waals surface area (Å²) in [6, 6.07) is 7.43. The van der Waals surface area contributed by atoms with E-state index in [1.165, 1.54) is 44.5 Å². The molecule has 0 aromatic heterocycles. The fourth-order valence-corrected chi connectivity index (χ4v) is 4.15. The predicted octanol–water partition coefficient (Wildman–Crippen LogP) is 3.48. The summed E-state index contributed by atoms with van der Waals surface area (Å²) < 4.78 is 13.1. The van der Waals surface area contributed by atoms with Crippen molar-refractivity contribution in [2.75, 3.05) is 19.7 Å². The van der Waals surface area contributed by atoms with Crippen LogP contribution in [-0.4, -0.2) is 35.7 Å². The van der Waals surface area contributed by atoms with Crippen LogP contribution >= 0.6 is 0 Å². The van der Waals surface area contributed by atoms with E-state index in [4.69, 9.17) is 0 Å². The maximum absolute atomic E-state index is 13.1. The van der Waals surface area contributed by atoms with E-state index in [0.717, 1.165) is 31.2 Å². The van der Waals surface area contributed by atoms with Gasteiger partial charge in [0.05, 0.1) is 6.61 Å². The monoisotopic (exact) mass is 291 g/mol. The van der Waals surface area contributed by atoms with Gasteiger partial charge in [0.2, 0.25) is 0 Å². The number of hydrogen-bond donors (Lipinski definition) is 1. The summed E-state index contributed by atoms with van der Waals surface area (Å²) in [7, 11) is 0. The normalized spacial score (nSPS) is 31.2. The lowest BCUT2D eigenvalue weighted by molar-refractivity contribution is 0.0776. The van der Waals surface area contributed by atoms with Gasteiger partial charge in [-0.1, -0.05) is 18.6 Å². The minimum atomic E-state index is -0.200. The zero-order valence-electron chi connectivity index (χ0n) is 12.7. The molecule has 2 nitrogen and oxygen atoms in total. The maximum Gasteiger partial charge on any atom is 0.123 e. The zero-order chi connectivity index (χ0) is 14.7. The van der Waals surface area contributed by atoms with Gasteiger partial charge in [-0.15, -0.1) is 0 Å². The Kier molecular flexibility index (Phi) is 4.60. The molecule has 3 rings (SSSR count). The lowest BCUT2D eigenvalue weighted by Gasteiger charge is -2.44. The standard InChI is InChI=1S/C18H26FNO/c19-16-6-4-15(5-7-16)18(14-21)10-8-17(9-11-18)20-12-2-1-3-13-20/h4-7,17,21H,1-3,8-14H2/t17-,18-. The van der Waals surface area contributed by atoms with Gasteiger partial charge >= 0.3 is 0 Å². The lowest BCUT2D eigenvalue weighted by atomic mass is 9.68. The van der Waals surface area contributed by atoms with Crippen LogP contribution in [0.3, 0.4) is 0 Å². The molecular formula is C18H26FNO. The van der Waals surface area contributed by atoms with Crippen molar-refractivity contribution in [1.29, 1.82) is 0 Å². The highest BCUT2D eigenvalue weighted by Gasteiger charge is 2.38. The highest BCUT2D eigenvalue weighted by atomic mass is 19.1. The molecule has 0 radical (unpaired) electrons. The van der Waals surface area contributed by atoms with E-state index in [1.807, 2.05) is 12.1 Å². The Hall–Kier alpha value is -0.930. The van der Waals surface area contributed by atoms with Gasteiger partial charge < -0.3 is 10.0 Å². The topological polar surface area (TPSA) is 23.5 Å². The minimum Gasteiger partial charge on any atom is -0.395 e. The van der Waals surface area contributed by atoms with Gasteiger partial charge in [-0.3, -0.25) is 0 Å². The Bertz CT molecular complexity index is 445. The van der Waals surface area contributed by atoms with Gasteiger partial charge in [-0.05, 0) is 69.3 Å². The molecule has 1 saturated heterocycles. The molecule has 0 bridgehead atoms. The summed E-state index contributed by atoms with van der Waals surface area (Å²) in [6.45, 7) is 2.66. The molecule has 21 heavy (non-hydrogen) atoms. The quantitative estimate of drug-likeness (QED) is 0.921. The van der Waals surface area contributed by atoms with Crippen LogP contribution in [0.5, 0.6) is 0 Å². The largest absolute Gasteiger partial charge is 0.395 e. The number of rotatable bonds is 3. The highest BCUT2D eigenvalue weighted by molar-refractivity contribution is 5.27. The SMILES string of the molecule is OC[C@]1(c2ccc(F)cc2)CC[C@H](N2CCCCC2)CC1. The van der Waals surface area contributed by atoms with E-state index in [9.17, 15) is 9.50 Å². The number of piperidine rings is 1. The molecule has 116 valence electrons. The number of halogens is 1. The van der Waals surface area contributed by atoms with Crippen molar-refractivity contribution in [3.05, 3.63) is 35.6 Å². The summed E-state index contributed by atoms with van der Waals surface area (Å²) in [5.41, 5.74) is 0.948. The summed E-state index contributed by atoms with van der Waals surface area (Å²) in [5.74, 6) is -0.200. The second kappa shape index (κ2) is 6.45. The van der Waals surface area contributed by atoms with Crippen LogP contribution in [-0.2, 0) is 5.41 Å². The average Bonchev–Trinajstić information content (AvgIpc) is 2.56. The molecule has 0 spiro atoms. The van der Waals surface area contributed by atoms with Crippen molar-refractivity contribution in [1.82, 2.24) is 4.90 Å². The van der Waals surface area contributed by atoms with Crippen LogP contribution in [0, 0.1) is 5.82 Å². The molecule has 2 aliphatic rings. The molecule has 1 aliphatic heterocycles. The van der Waals surface area contributed by atoms with Crippen LogP contribution in [0.25, 0.3) is 0 Å². The maximum atomic E-state index is 13.1. The molecule has 1 heterocycles. The molecule has 1 N–H and O–H groups in total. The average molecular weight is 291 g/mol. The van der Waals surface area contributed by atoms with Gasteiger partial charge in [0.25, 0.3) is 0 Å². The van der Waals surface area contributed by atoms with Crippen LogP contribution in [0.2, 0.25) is 0 Å². The Morgan fingerprint density at radius 1 is 1.05 bits per heavy atom. The number of aliphatic hydroxyl groups excluding tert-OH is 1. The van der Waals surface area contributed by atoms with Crippen molar-refractivity contribution in [3.63, 3.8) is 0 Å². The first-order valence-electron chi connectivity index (χ1n) is 8.34. The van der Waals surface area contributed by atoms with Crippen molar-refractivity contribution in [3.8, 4) is 0 Å². The zero-order valence-corrected chi connectivity index (χ0v) is 12.7. The summed E-state index contributed by atoms with van der Waals surface area (Å²) in [5, 5.41) is 9.95. The second-order valence-electron chi connectivity index (χ2n) is 6.77. The molecular weight excluding hydrogens is 265 g/mol. The van der Waals surface area contributed by atoms with Gasteiger partial charge in [0, 0.05) is 11.5 Å². The van der Waals surface area contributed by atoms with Crippen LogP contribution in [0.15, 0.2) is 24.3 Å². The van der Waals surface area contributed by atoms with E-state index < -0.39 is 0 Å². The summed E-state index contributed by atoms with van der Waals surface area (Å²) in [6.07, 6.45) is 8.36. The highest BCUT2D eigenvalue weighted by Crippen LogP contribution is 2.41. The second-order valence-corrected chi connectivity index (χ2v) is 6.77. The smallest absolute Gasteiger partial charge is 0.123 e. The number of nitrogens with zero attached hydrogens (tertiary/aromatic N) is 1. The third kappa shape index (κ3) is 3.14. The van der Waals surface area contributed by atoms with E-state index in [0.29, 0.717) is 6.04 Å². The van der Waals surface area contributed by atoms with Gasteiger partial charge in [0.1, 0.15) is 5.82 Å². The Morgan fingerprint density at radius 3 is 2.24 bits per heavy atom.